The second-order valence-electron chi connectivity index (χ2n) is 5.24. The highest BCUT2D eigenvalue weighted by Gasteiger charge is 2.10. The molecule has 0 aliphatic heterocycles. The zero-order chi connectivity index (χ0) is 16.9. The van der Waals surface area contributed by atoms with Crippen molar-refractivity contribution in [3.63, 3.8) is 0 Å². The van der Waals surface area contributed by atoms with Gasteiger partial charge in [-0.1, -0.05) is 23.7 Å². The molecule has 0 bridgehead atoms. The second kappa shape index (κ2) is 7.51. The third kappa shape index (κ3) is 4.15. The van der Waals surface area contributed by atoms with E-state index in [0.717, 1.165) is 11.1 Å². The van der Waals surface area contributed by atoms with Crippen LogP contribution in [0.5, 0.6) is 5.75 Å². The maximum Gasteiger partial charge on any atom is 0.261 e. The number of benzene rings is 1. The summed E-state index contributed by atoms with van der Waals surface area (Å²) in [6.07, 6.45) is 3.61. The zero-order valence-corrected chi connectivity index (χ0v) is 14.6. The summed E-state index contributed by atoms with van der Waals surface area (Å²) < 4.78 is 7.39. The van der Waals surface area contributed by atoms with E-state index < -0.39 is 0 Å². The molecule has 1 amide bonds. The minimum Gasteiger partial charge on any atom is -0.487 e. The molecule has 0 saturated carbocycles. The van der Waals surface area contributed by atoms with Gasteiger partial charge in [0.05, 0.1) is 16.1 Å². The Morgan fingerprint density at radius 2 is 2.21 bits per heavy atom. The Kier molecular flexibility index (Phi) is 5.17. The summed E-state index contributed by atoms with van der Waals surface area (Å²) in [5.41, 5.74) is 1.90. The lowest BCUT2D eigenvalue weighted by atomic mass is 10.3. The summed E-state index contributed by atoms with van der Waals surface area (Å²) >= 11 is 7.45. The van der Waals surface area contributed by atoms with E-state index in [0.29, 0.717) is 28.8 Å². The van der Waals surface area contributed by atoms with Gasteiger partial charge in [0.15, 0.2) is 0 Å². The number of amides is 1. The summed E-state index contributed by atoms with van der Waals surface area (Å²) in [7, 11) is 1.84. The molecule has 3 aromatic rings. The van der Waals surface area contributed by atoms with Crippen molar-refractivity contribution in [2.45, 2.75) is 13.2 Å². The van der Waals surface area contributed by atoms with E-state index >= 15 is 0 Å². The number of aromatic nitrogens is 2. The number of thiophene rings is 1. The van der Waals surface area contributed by atoms with Crippen molar-refractivity contribution < 1.29 is 9.53 Å². The molecule has 7 heteroatoms. The highest BCUT2D eigenvalue weighted by molar-refractivity contribution is 7.12. The number of para-hydroxylation sites is 1. The average Bonchev–Trinajstić information content (AvgIpc) is 3.21. The van der Waals surface area contributed by atoms with Crippen LogP contribution in [0.3, 0.4) is 0 Å². The van der Waals surface area contributed by atoms with Crippen LogP contribution in [0.2, 0.25) is 5.02 Å². The Balaban J connectivity index is 1.54. The summed E-state index contributed by atoms with van der Waals surface area (Å²) in [5, 5.41) is 9.44. The second-order valence-corrected chi connectivity index (χ2v) is 6.56. The summed E-state index contributed by atoms with van der Waals surface area (Å²) in [6, 6.07) is 9.15. The number of hydrogen-bond acceptors (Lipinski definition) is 4. The molecule has 0 spiro atoms. The van der Waals surface area contributed by atoms with E-state index in [-0.39, 0.29) is 5.91 Å². The van der Waals surface area contributed by atoms with Gasteiger partial charge in [0, 0.05) is 30.9 Å². The van der Waals surface area contributed by atoms with Gasteiger partial charge in [-0.15, -0.1) is 11.3 Å². The molecule has 2 heterocycles. The maximum absolute atomic E-state index is 12.2. The highest BCUT2D eigenvalue weighted by atomic mass is 35.5. The highest BCUT2D eigenvalue weighted by Crippen LogP contribution is 2.25. The number of ether oxygens (including phenoxy) is 1. The van der Waals surface area contributed by atoms with E-state index in [2.05, 4.69) is 10.4 Å². The Labute approximate surface area is 148 Å². The van der Waals surface area contributed by atoms with Crippen LogP contribution in [-0.4, -0.2) is 15.7 Å². The van der Waals surface area contributed by atoms with Crippen LogP contribution in [0.1, 0.15) is 20.8 Å². The normalized spacial score (nSPS) is 10.6. The van der Waals surface area contributed by atoms with Gasteiger partial charge in [-0.25, -0.2) is 0 Å². The maximum atomic E-state index is 12.2. The Bertz CT molecular complexity index is 844. The number of halogens is 1. The van der Waals surface area contributed by atoms with E-state index in [9.17, 15) is 4.79 Å². The largest absolute Gasteiger partial charge is 0.487 e. The molecule has 3 rings (SSSR count). The van der Waals surface area contributed by atoms with Crippen LogP contribution in [0.25, 0.3) is 0 Å². The van der Waals surface area contributed by atoms with E-state index in [1.165, 1.54) is 11.3 Å². The van der Waals surface area contributed by atoms with Crippen molar-refractivity contribution in [3.05, 3.63) is 69.1 Å². The molecular weight excluding hydrogens is 346 g/mol. The van der Waals surface area contributed by atoms with Crippen molar-refractivity contribution >= 4 is 28.8 Å². The molecule has 2 aromatic heterocycles. The summed E-state index contributed by atoms with van der Waals surface area (Å²) in [6.45, 7) is 0.826. The first-order valence-corrected chi connectivity index (χ1v) is 8.58. The predicted molar refractivity (Wildman–Crippen MR) is 94.5 cm³/mol. The molecule has 124 valence electrons. The third-order valence-electron chi connectivity index (χ3n) is 3.32. The lowest BCUT2D eigenvalue weighted by Crippen LogP contribution is -2.21. The number of hydrogen-bond donors (Lipinski definition) is 1. The molecule has 0 aliphatic rings. The first kappa shape index (κ1) is 16.5. The van der Waals surface area contributed by atoms with Gasteiger partial charge in [0.25, 0.3) is 5.91 Å². The number of carbonyl (C=O) groups is 1. The molecule has 0 fully saturated rings. The van der Waals surface area contributed by atoms with Gasteiger partial charge >= 0.3 is 0 Å². The molecular formula is C17H16ClN3O2S. The third-order valence-corrected chi connectivity index (χ3v) is 4.61. The Morgan fingerprint density at radius 3 is 2.96 bits per heavy atom. The molecule has 24 heavy (non-hydrogen) atoms. The summed E-state index contributed by atoms with van der Waals surface area (Å²) in [5.74, 6) is 0.529. The number of nitrogens with zero attached hydrogens (tertiary/aromatic N) is 2. The van der Waals surface area contributed by atoms with E-state index in [4.69, 9.17) is 16.3 Å². The molecule has 1 N–H and O–H groups in total. The monoisotopic (exact) mass is 361 g/mol. The van der Waals surface area contributed by atoms with Crippen LogP contribution < -0.4 is 10.1 Å². The molecule has 0 saturated heterocycles. The topological polar surface area (TPSA) is 56.2 Å². The minimum absolute atomic E-state index is 0.104. The van der Waals surface area contributed by atoms with Crippen LogP contribution in [0.15, 0.2) is 48.1 Å². The Hall–Kier alpha value is -2.31. The van der Waals surface area contributed by atoms with Crippen molar-refractivity contribution in [1.29, 1.82) is 0 Å². The minimum atomic E-state index is -0.104. The summed E-state index contributed by atoms with van der Waals surface area (Å²) in [4.78, 5) is 12.8. The van der Waals surface area contributed by atoms with Gasteiger partial charge < -0.3 is 10.1 Å². The molecule has 0 aliphatic carbocycles. The number of nitrogens with one attached hydrogen (secondary N) is 1. The van der Waals surface area contributed by atoms with Crippen molar-refractivity contribution in [3.8, 4) is 5.75 Å². The van der Waals surface area contributed by atoms with Crippen LogP contribution in [-0.2, 0) is 20.2 Å². The molecule has 5 nitrogen and oxygen atoms in total. The number of aryl methyl sites for hydroxylation is 1. The predicted octanol–water partition coefficient (Wildman–Crippen LogP) is 3.64. The lowest BCUT2D eigenvalue weighted by Gasteiger charge is -2.06. The van der Waals surface area contributed by atoms with Gasteiger partial charge in [-0.05, 0) is 23.6 Å². The average molecular weight is 362 g/mol. The molecule has 0 radical (unpaired) electrons. The fraction of sp³-hybridized carbons (Fsp3) is 0.176. The lowest BCUT2D eigenvalue weighted by molar-refractivity contribution is 0.0955. The fourth-order valence-corrected chi connectivity index (χ4v) is 3.13. The fourth-order valence-electron chi connectivity index (χ4n) is 2.13. The van der Waals surface area contributed by atoms with Crippen LogP contribution in [0.4, 0.5) is 0 Å². The smallest absolute Gasteiger partial charge is 0.261 e. The van der Waals surface area contributed by atoms with Crippen LogP contribution >= 0.6 is 22.9 Å². The SMILES string of the molecule is Cn1cc(CNC(=O)c2cc(COc3ccccc3Cl)cs2)cn1. The number of rotatable bonds is 6. The van der Waals surface area contributed by atoms with E-state index in [1.54, 1.807) is 16.9 Å². The molecule has 0 atom stereocenters. The zero-order valence-electron chi connectivity index (χ0n) is 13.0. The quantitative estimate of drug-likeness (QED) is 0.729. The van der Waals surface area contributed by atoms with Crippen molar-refractivity contribution in [2.75, 3.05) is 0 Å². The first-order valence-electron chi connectivity index (χ1n) is 7.32. The van der Waals surface area contributed by atoms with Gasteiger partial charge in [0.2, 0.25) is 0 Å². The van der Waals surface area contributed by atoms with E-state index in [1.807, 2.05) is 42.9 Å². The standard InChI is InChI=1S/C17H16ClN3O2S/c1-21-9-13(8-20-21)7-19-17(22)16-6-12(11-24-16)10-23-15-5-3-2-4-14(15)18/h2-6,8-9,11H,7,10H2,1H3,(H,19,22). The van der Waals surface area contributed by atoms with Crippen LogP contribution in [0, 0.1) is 0 Å². The molecule has 1 aromatic carbocycles. The van der Waals surface area contributed by atoms with Crippen molar-refractivity contribution in [2.24, 2.45) is 7.05 Å². The van der Waals surface area contributed by atoms with Gasteiger partial charge in [-0.3, -0.25) is 9.48 Å². The van der Waals surface area contributed by atoms with Gasteiger partial charge in [0.1, 0.15) is 12.4 Å². The van der Waals surface area contributed by atoms with Crippen molar-refractivity contribution in [1.82, 2.24) is 15.1 Å². The Morgan fingerprint density at radius 1 is 1.38 bits per heavy atom. The molecule has 0 unspecified atom stereocenters. The first-order chi connectivity index (χ1) is 11.6. The van der Waals surface area contributed by atoms with Gasteiger partial charge in [-0.2, -0.15) is 5.10 Å². The number of carbonyl (C=O) groups excluding carboxylic acids is 1.